The fourth-order valence-corrected chi connectivity index (χ4v) is 2.79. The Morgan fingerprint density at radius 3 is 2.74 bits per heavy atom. The third-order valence-electron chi connectivity index (χ3n) is 4.22. The summed E-state index contributed by atoms with van der Waals surface area (Å²) >= 11 is 0. The summed E-state index contributed by atoms with van der Waals surface area (Å²) in [5.74, 6) is -0.112. The molecule has 1 saturated heterocycles. The molecule has 1 N–H and O–H groups in total. The van der Waals surface area contributed by atoms with E-state index in [2.05, 4.69) is 0 Å². The highest BCUT2D eigenvalue weighted by Gasteiger charge is 2.36. The van der Waals surface area contributed by atoms with Gasteiger partial charge in [0.2, 0.25) is 5.91 Å². The summed E-state index contributed by atoms with van der Waals surface area (Å²) in [4.78, 5) is 15.4. The number of benzene rings is 1. The molecule has 0 aliphatic carbocycles. The van der Waals surface area contributed by atoms with Gasteiger partial charge in [0.05, 0.1) is 18.2 Å². The Morgan fingerprint density at radius 2 is 2.13 bits per heavy atom. The molecular weight excluding hydrogens is 309 g/mol. The first-order valence-corrected chi connectivity index (χ1v) is 7.55. The maximum absolute atomic E-state index is 12.9. The molecule has 1 fully saturated rings. The maximum atomic E-state index is 12.9. The molecular formula is C16H21F3N2O2. The summed E-state index contributed by atoms with van der Waals surface area (Å²) in [6.07, 6.45) is -4.73. The van der Waals surface area contributed by atoms with Crippen molar-refractivity contribution in [1.29, 1.82) is 0 Å². The molecule has 4 nitrogen and oxygen atoms in total. The van der Waals surface area contributed by atoms with Gasteiger partial charge in [-0.3, -0.25) is 9.69 Å². The number of amides is 1. The minimum atomic E-state index is -4.41. The number of likely N-dealkylation sites (N-methyl/N-ethyl adjacent to an activating group) is 1. The summed E-state index contributed by atoms with van der Waals surface area (Å²) in [7, 11) is 1.67. The van der Waals surface area contributed by atoms with Crippen molar-refractivity contribution in [1.82, 2.24) is 9.80 Å². The summed E-state index contributed by atoms with van der Waals surface area (Å²) < 4.78 is 38.6. The number of carbonyl (C=O) groups is 1. The molecule has 7 heteroatoms. The number of carbonyl (C=O) groups excluding carboxylic acids is 1. The van der Waals surface area contributed by atoms with Crippen LogP contribution in [0.4, 0.5) is 13.2 Å². The number of aliphatic hydroxyl groups excluding tert-OH is 1. The molecule has 1 aliphatic rings. The van der Waals surface area contributed by atoms with Gasteiger partial charge in [0.15, 0.2) is 0 Å². The monoisotopic (exact) mass is 330 g/mol. The van der Waals surface area contributed by atoms with Gasteiger partial charge < -0.3 is 10.0 Å². The number of hydrogen-bond donors (Lipinski definition) is 1. The number of nitrogens with zero attached hydrogens (tertiary/aromatic N) is 2. The Balaban J connectivity index is 2.21. The van der Waals surface area contributed by atoms with Crippen LogP contribution in [0.3, 0.4) is 0 Å². The van der Waals surface area contributed by atoms with Crippen LogP contribution < -0.4 is 0 Å². The van der Waals surface area contributed by atoms with E-state index in [-0.39, 0.29) is 25.0 Å². The minimum Gasteiger partial charge on any atom is -0.392 e. The normalized spacial score (nSPS) is 22.3. The van der Waals surface area contributed by atoms with E-state index in [9.17, 15) is 23.1 Å². The van der Waals surface area contributed by atoms with Crippen molar-refractivity contribution >= 4 is 5.91 Å². The molecule has 0 saturated carbocycles. The second-order valence-corrected chi connectivity index (χ2v) is 5.87. The van der Waals surface area contributed by atoms with E-state index >= 15 is 0 Å². The predicted octanol–water partition coefficient (Wildman–Crippen LogP) is 2.29. The minimum absolute atomic E-state index is 0.0856. The van der Waals surface area contributed by atoms with Crippen molar-refractivity contribution in [2.75, 3.05) is 26.7 Å². The van der Waals surface area contributed by atoms with Crippen LogP contribution in [-0.2, 0) is 11.0 Å². The zero-order valence-corrected chi connectivity index (χ0v) is 13.2. The summed E-state index contributed by atoms with van der Waals surface area (Å²) in [6, 6.07) is 4.71. The van der Waals surface area contributed by atoms with Gasteiger partial charge in [-0.15, -0.1) is 0 Å². The van der Waals surface area contributed by atoms with E-state index < -0.39 is 17.8 Å². The molecule has 2 rings (SSSR count). The zero-order chi connectivity index (χ0) is 17.2. The second-order valence-electron chi connectivity index (χ2n) is 5.87. The number of β-amino-alcohol motifs (C(OH)–C–C–N with tert-alkyl or cyclic N) is 1. The molecule has 1 heterocycles. The first-order valence-electron chi connectivity index (χ1n) is 7.55. The van der Waals surface area contributed by atoms with E-state index in [1.807, 2.05) is 6.92 Å². The van der Waals surface area contributed by atoms with Crippen LogP contribution in [0.15, 0.2) is 24.3 Å². The number of alkyl halides is 3. The number of likely N-dealkylation sites (tertiary alicyclic amines) is 1. The van der Waals surface area contributed by atoms with Crippen molar-refractivity contribution in [2.45, 2.75) is 31.7 Å². The number of hydrogen-bond acceptors (Lipinski definition) is 3. The predicted molar refractivity (Wildman–Crippen MR) is 79.7 cm³/mol. The second kappa shape index (κ2) is 6.88. The van der Waals surface area contributed by atoms with Gasteiger partial charge in [-0.2, -0.15) is 13.2 Å². The van der Waals surface area contributed by atoms with Gasteiger partial charge >= 0.3 is 6.18 Å². The van der Waals surface area contributed by atoms with Crippen LogP contribution in [0.2, 0.25) is 0 Å². The number of aliphatic hydroxyl groups is 1. The van der Waals surface area contributed by atoms with Gasteiger partial charge in [0.1, 0.15) is 0 Å². The Hall–Kier alpha value is -1.60. The van der Waals surface area contributed by atoms with E-state index in [4.69, 9.17) is 0 Å². The number of halogens is 3. The lowest BCUT2D eigenvalue weighted by Gasteiger charge is -2.26. The lowest BCUT2D eigenvalue weighted by molar-refractivity contribution is -0.137. The van der Waals surface area contributed by atoms with Crippen LogP contribution in [-0.4, -0.2) is 53.6 Å². The highest BCUT2D eigenvalue weighted by atomic mass is 19.4. The van der Waals surface area contributed by atoms with Crippen molar-refractivity contribution in [2.24, 2.45) is 0 Å². The van der Waals surface area contributed by atoms with Crippen molar-refractivity contribution in [3.63, 3.8) is 0 Å². The number of rotatable bonds is 4. The molecule has 23 heavy (non-hydrogen) atoms. The molecule has 0 radical (unpaired) electrons. The van der Waals surface area contributed by atoms with Gasteiger partial charge in [-0.05, 0) is 31.0 Å². The molecule has 1 amide bonds. The summed E-state index contributed by atoms with van der Waals surface area (Å²) in [5, 5.41) is 9.88. The van der Waals surface area contributed by atoms with Crippen LogP contribution in [0.1, 0.15) is 30.5 Å². The fourth-order valence-electron chi connectivity index (χ4n) is 2.79. The van der Waals surface area contributed by atoms with E-state index in [0.717, 1.165) is 12.1 Å². The average Bonchev–Trinajstić information content (AvgIpc) is 2.86. The van der Waals surface area contributed by atoms with Crippen molar-refractivity contribution < 1.29 is 23.1 Å². The third-order valence-corrected chi connectivity index (χ3v) is 4.22. The smallest absolute Gasteiger partial charge is 0.392 e. The Kier molecular flexibility index (Phi) is 5.31. The van der Waals surface area contributed by atoms with Crippen molar-refractivity contribution in [3.05, 3.63) is 35.4 Å². The molecule has 1 aromatic carbocycles. The third kappa shape index (κ3) is 4.23. The largest absolute Gasteiger partial charge is 0.416 e. The van der Waals surface area contributed by atoms with Crippen LogP contribution in [0.5, 0.6) is 0 Å². The first kappa shape index (κ1) is 17.7. The first-order chi connectivity index (χ1) is 10.7. The maximum Gasteiger partial charge on any atom is 0.416 e. The molecule has 0 aromatic heterocycles. The Bertz CT molecular complexity index is 563. The topological polar surface area (TPSA) is 43.8 Å². The highest BCUT2D eigenvalue weighted by molar-refractivity contribution is 5.78. The molecule has 0 bridgehead atoms. The summed E-state index contributed by atoms with van der Waals surface area (Å²) in [5.41, 5.74) is -0.239. The Labute approximate surface area is 133 Å². The van der Waals surface area contributed by atoms with Gasteiger partial charge in [-0.25, -0.2) is 0 Å². The quantitative estimate of drug-likeness (QED) is 0.921. The lowest BCUT2D eigenvalue weighted by atomic mass is 10.0. The highest BCUT2D eigenvalue weighted by Crippen LogP contribution is 2.36. The van der Waals surface area contributed by atoms with Gasteiger partial charge in [0.25, 0.3) is 0 Å². The summed E-state index contributed by atoms with van der Waals surface area (Å²) in [6.45, 7) is 2.77. The molecule has 2 atom stereocenters. The van der Waals surface area contributed by atoms with Gasteiger partial charge in [-0.1, -0.05) is 12.1 Å². The Morgan fingerprint density at radius 1 is 1.43 bits per heavy atom. The van der Waals surface area contributed by atoms with E-state index in [1.165, 1.54) is 6.07 Å². The molecule has 0 unspecified atom stereocenters. The molecule has 128 valence electrons. The van der Waals surface area contributed by atoms with Crippen LogP contribution in [0, 0.1) is 0 Å². The lowest BCUT2D eigenvalue weighted by Crippen LogP contribution is -2.38. The van der Waals surface area contributed by atoms with Crippen molar-refractivity contribution in [3.8, 4) is 0 Å². The zero-order valence-electron chi connectivity index (χ0n) is 13.2. The van der Waals surface area contributed by atoms with Gasteiger partial charge in [0, 0.05) is 26.2 Å². The van der Waals surface area contributed by atoms with E-state index in [1.54, 1.807) is 22.9 Å². The van der Waals surface area contributed by atoms with E-state index in [0.29, 0.717) is 18.5 Å². The SMILES string of the molecule is CCN(C)C(=O)CN1C[C@@H](O)C[C@@H]1c1cccc(C(F)(F)F)c1. The molecule has 1 aromatic rings. The van der Waals surface area contributed by atoms with Crippen LogP contribution in [0.25, 0.3) is 0 Å². The fraction of sp³-hybridized carbons (Fsp3) is 0.562. The van der Waals surface area contributed by atoms with Crippen LogP contribution >= 0.6 is 0 Å². The average molecular weight is 330 g/mol. The molecule has 0 spiro atoms. The molecule has 1 aliphatic heterocycles. The standard InChI is InChI=1S/C16H21F3N2O2/c1-3-20(2)15(23)10-21-9-13(22)8-14(21)11-5-4-6-12(7-11)16(17,18)19/h4-7,13-14,22H,3,8-10H2,1-2H3/t13-,14+/m0/s1.